The van der Waals surface area contributed by atoms with E-state index in [1.807, 2.05) is 13.1 Å². The number of nitrogens with zero attached hydrogens (tertiary/aromatic N) is 3. The van der Waals surface area contributed by atoms with Gasteiger partial charge >= 0.3 is 0 Å². The van der Waals surface area contributed by atoms with Gasteiger partial charge in [0, 0.05) is 40.8 Å². The van der Waals surface area contributed by atoms with E-state index in [4.69, 9.17) is 4.74 Å². The Morgan fingerprint density at radius 1 is 1.39 bits per heavy atom. The zero-order valence-corrected chi connectivity index (χ0v) is 14.9. The molecule has 1 saturated heterocycles. The molecular weight excluding hydrogens is 292 g/mol. The first-order valence-electron chi connectivity index (χ1n) is 8.46. The average Bonchev–Trinajstić information content (AvgIpc) is 2.55. The van der Waals surface area contributed by atoms with Crippen molar-refractivity contribution < 1.29 is 9.53 Å². The lowest BCUT2D eigenvalue weighted by Crippen LogP contribution is -2.44. The molecule has 1 amide bonds. The molecule has 1 heterocycles. The fourth-order valence-electron chi connectivity index (χ4n) is 2.35. The van der Waals surface area contributed by atoms with E-state index in [2.05, 4.69) is 21.8 Å². The van der Waals surface area contributed by atoms with E-state index < -0.39 is 0 Å². The highest BCUT2D eigenvalue weighted by Crippen LogP contribution is 2.11. The smallest absolute Gasteiger partial charge is 0.243 e. The molecule has 0 aromatic rings. The molecule has 0 saturated carbocycles. The number of nitrogens with one attached hydrogen (secondary N) is 1. The third kappa shape index (κ3) is 8.02. The Hall–Kier alpha value is -1.56. The monoisotopic (exact) mass is 324 g/mol. The van der Waals surface area contributed by atoms with Gasteiger partial charge in [0.2, 0.25) is 5.91 Å². The summed E-state index contributed by atoms with van der Waals surface area (Å²) in [4.78, 5) is 19.9. The van der Waals surface area contributed by atoms with Gasteiger partial charge in [0.1, 0.15) is 6.54 Å². The number of carbonyl (C=O) groups excluding carboxylic acids is 1. The number of ether oxygens (including phenoxy) is 1. The molecule has 6 nitrogen and oxygen atoms in total. The molecule has 0 spiro atoms. The molecule has 1 aliphatic heterocycles. The van der Waals surface area contributed by atoms with E-state index in [-0.39, 0.29) is 18.6 Å². The molecule has 1 N–H and O–H groups in total. The number of likely N-dealkylation sites (N-methyl/N-ethyl adjacent to an activating group) is 1. The highest BCUT2D eigenvalue weighted by atomic mass is 16.5. The van der Waals surface area contributed by atoms with Gasteiger partial charge in [-0.05, 0) is 32.1 Å². The van der Waals surface area contributed by atoms with Gasteiger partial charge < -0.3 is 19.9 Å². The molecule has 23 heavy (non-hydrogen) atoms. The number of guanidine groups is 1. The van der Waals surface area contributed by atoms with Crippen molar-refractivity contribution >= 4 is 11.9 Å². The van der Waals surface area contributed by atoms with Gasteiger partial charge in [-0.1, -0.05) is 6.08 Å². The van der Waals surface area contributed by atoms with Crippen molar-refractivity contribution in [1.82, 2.24) is 15.1 Å². The van der Waals surface area contributed by atoms with Crippen LogP contribution in [-0.4, -0.2) is 75.2 Å². The molecule has 1 atom stereocenters. The molecule has 0 aromatic heterocycles. The molecular formula is C17H32N4O2. The summed E-state index contributed by atoms with van der Waals surface area (Å²) < 4.78 is 5.75. The number of allylic oxidation sites excluding steroid dienone is 1. The minimum atomic E-state index is -0.00212. The molecule has 1 rings (SSSR count). The second-order valence-corrected chi connectivity index (χ2v) is 6.15. The molecule has 6 heteroatoms. The van der Waals surface area contributed by atoms with Crippen LogP contribution >= 0.6 is 0 Å². The van der Waals surface area contributed by atoms with Crippen LogP contribution in [0.5, 0.6) is 0 Å². The number of aliphatic imine (C=N–C) groups is 1. The van der Waals surface area contributed by atoms with Gasteiger partial charge in [-0.25, -0.2) is 4.99 Å². The van der Waals surface area contributed by atoms with Crippen LogP contribution in [0.1, 0.15) is 32.1 Å². The SMILES string of the molecule is C=CCCCN(C)C(=NCC(=O)N(C)C)NCC1CCCCO1. The summed E-state index contributed by atoms with van der Waals surface area (Å²) in [5.41, 5.74) is 0. The van der Waals surface area contributed by atoms with Gasteiger partial charge in [-0.3, -0.25) is 4.79 Å². The Morgan fingerprint density at radius 3 is 2.78 bits per heavy atom. The largest absolute Gasteiger partial charge is 0.376 e. The number of carbonyl (C=O) groups is 1. The van der Waals surface area contributed by atoms with E-state index >= 15 is 0 Å². The van der Waals surface area contributed by atoms with Crippen LogP contribution in [0.25, 0.3) is 0 Å². The zero-order chi connectivity index (χ0) is 17.1. The summed E-state index contributed by atoms with van der Waals surface area (Å²) >= 11 is 0. The fraction of sp³-hybridized carbons (Fsp3) is 0.765. The summed E-state index contributed by atoms with van der Waals surface area (Å²) in [6.45, 7) is 6.36. The number of amides is 1. The second kappa shape index (κ2) is 11.0. The van der Waals surface area contributed by atoms with Crippen molar-refractivity contribution in [3.8, 4) is 0 Å². The van der Waals surface area contributed by atoms with E-state index in [9.17, 15) is 4.79 Å². The van der Waals surface area contributed by atoms with Crippen molar-refractivity contribution in [3.05, 3.63) is 12.7 Å². The summed E-state index contributed by atoms with van der Waals surface area (Å²) in [5.74, 6) is 0.760. The van der Waals surface area contributed by atoms with Crippen LogP contribution in [0.2, 0.25) is 0 Å². The maximum atomic E-state index is 11.8. The average molecular weight is 324 g/mol. The number of rotatable bonds is 8. The van der Waals surface area contributed by atoms with Crippen LogP contribution < -0.4 is 5.32 Å². The van der Waals surface area contributed by atoms with Gasteiger partial charge in [0.25, 0.3) is 0 Å². The van der Waals surface area contributed by atoms with Crippen molar-refractivity contribution in [2.24, 2.45) is 4.99 Å². The Bertz CT molecular complexity index is 390. The molecule has 1 aliphatic rings. The minimum absolute atomic E-state index is 0.00212. The lowest BCUT2D eigenvalue weighted by Gasteiger charge is -2.27. The molecule has 132 valence electrons. The first-order chi connectivity index (χ1) is 11.0. The Labute approximate surface area is 140 Å². The lowest BCUT2D eigenvalue weighted by atomic mass is 10.1. The Balaban J connectivity index is 2.56. The lowest BCUT2D eigenvalue weighted by molar-refractivity contribution is -0.127. The van der Waals surface area contributed by atoms with Gasteiger partial charge in [0.05, 0.1) is 6.10 Å². The number of hydrogen-bond donors (Lipinski definition) is 1. The van der Waals surface area contributed by atoms with E-state index in [0.717, 1.165) is 51.3 Å². The normalized spacial score (nSPS) is 18.4. The van der Waals surface area contributed by atoms with Crippen molar-refractivity contribution in [1.29, 1.82) is 0 Å². The first kappa shape index (κ1) is 19.5. The van der Waals surface area contributed by atoms with Gasteiger partial charge in [0.15, 0.2) is 5.96 Å². The standard InChI is InChI=1S/C17H32N4O2/c1-5-6-8-11-21(4)17(19-14-16(22)20(2)3)18-13-15-10-7-9-12-23-15/h5,15H,1,6-14H2,2-4H3,(H,18,19). The number of hydrogen-bond acceptors (Lipinski definition) is 3. The van der Waals surface area contributed by atoms with E-state index in [1.165, 1.54) is 6.42 Å². The van der Waals surface area contributed by atoms with Gasteiger partial charge in [-0.15, -0.1) is 6.58 Å². The van der Waals surface area contributed by atoms with Crippen LogP contribution in [-0.2, 0) is 9.53 Å². The summed E-state index contributed by atoms with van der Waals surface area (Å²) in [6.07, 6.45) is 7.59. The quantitative estimate of drug-likeness (QED) is 0.318. The van der Waals surface area contributed by atoms with Crippen molar-refractivity contribution in [2.75, 3.05) is 47.4 Å². The first-order valence-corrected chi connectivity index (χ1v) is 8.46. The predicted octanol–water partition coefficient (Wildman–Crippen LogP) is 1.49. The third-order valence-corrected chi connectivity index (χ3v) is 3.89. The molecule has 0 aliphatic carbocycles. The predicted molar refractivity (Wildman–Crippen MR) is 94.7 cm³/mol. The highest BCUT2D eigenvalue weighted by Gasteiger charge is 2.15. The van der Waals surface area contributed by atoms with E-state index in [0.29, 0.717) is 0 Å². The second-order valence-electron chi connectivity index (χ2n) is 6.15. The molecule has 0 bridgehead atoms. The fourth-order valence-corrected chi connectivity index (χ4v) is 2.35. The van der Waals surface area contributed by atoms with Crippen LogP contribution in [0.3, 0.4) is 0 Å². The van der Waals surface area contributed by atoms with Crippen LogP contribution in [0, 0.1) is 0 Å². The maximum Gasteiger partial charge on any atom is 0.243 e. The molecule has 0 aromatic carbocycles. The summed E-state index contributed by atoms with van der Waals surface area (Å²) in [6, 6.07) is 0. The Morgan fingerprint density at radius 2 is 2.17 bits per heavy atom. The van der Waals surface area contributed by atoms with Crippen LogP contribution in [0.15, 0.2) is 17.6 Å². The molecule has 1 fully saturated rings. The Kier molecular flexibility index (Phi) is 9.36. The highest BCUT2D eigenvalue weighted by molar-refractivity contribution is 5.84. The summed E-state index contributed by atoms with van der Waals surface area (Å²) in [5, 5.41) is 3.36. The van der Waals surface area contributed by atoms with Crippen LogP contribution in [0.4, 0.5) is 0 Å². The summed E-state index contributed by atoms with van der Waals surface area (Å²) in [7, 11) is 5.49. The molecule has 0 radical (unpaired) electrons. The van der Waals surface area contributed by atoms with Crippen molar-refractivity contribution in [3.63, 3.8) is 0 Å². The molecule has 1 unspecified atom stereocenters. The number of unbranched alkanes of at least 4 members (excludes halogenated alkanes) is 1. The minimum Gasteiger partial charge on any atom is -0.376 e. The topological polar surface area (TPSA) is 57.2 Å². The third-order valence-electron chi connectivity index (χ3n) is 3.89. The van der Waals surface area contributed by atoms with Crippen molar-refractivity contribution in [2.45, 2.75) is 38.2 Å². The zero-order valence-electron chi connectivity index (χ0n) is 14.9. The maximum absolute atomic E-state index is 11.8. The van der Waals surface area contributed by atoms with E-state index in [1.54, 1.807) is 19.0 Å². The van der Waals surface area contributed by atoms with Gasteiger partial charge in [-0.2, -0.15) is 0 Å².